The van der Waals surface area contributed by atoms with Crippen molar-refractivity contribution < 1.29 is 4.79 Å². The molecule has 0 fully saturated rings. The third-order valence-electron chi connectivity index (χ3n) is 6.31. The highest BCUT2D eigenvalue weighted by Gasteiger charge is 2.19. The summed E-state index contributed by atoms with van der Waals surface area (Å²) in [5.41, 5.74) is 5.29. The number of carbonyl (C=O) groups excluding carboxylic acids is 1. The van der Waals surface area contributed by atoms with Crippen molar-refractivity contribution in [3.8, 4) is 22.5 Å². The molecule has 0 aliphatic carbocycles. The molecular weight excluding hydrogens is 506 g/mol. The maximum absolute atomic E-state index is 13.3. The quantitative estimate of drug-likeness (QED) is 0.180. The Morgan fingerprint density at radius 3 is 2.41 bits per heavy atom. The number of anilines is 3. The van der Waals surface area contributed by atoms with Gasteiger partial charge in [-0.3, -0.25) is 0 Å². The van der Waals surface area contributed by atoms with E-state index in [2.05, 4.69) is 87.4 Å². The number of H-pyrrole nitrogens is 1. The van der Waals surface area contributed by atoms with Gasteiger partial charge < -0.3 is 15.5 Å². The van der Waals surface area contributed by atoms with Gasteiger partial charge in [0.15, 0.2) is 5.82 Å². The van der Waals surface area contributed by atoms with Gasteiger partial charge in [-0.25, -0.2) is 9.89 Å². The van der Waals surface area contributed by atoms with Crippen molar-refractivity contribution in [1.29, 1.82) is 0 Å². The van der Waals surface area contributed by atoms with E-state index < -0.39 is 0 Å². The summed E-state index contributed by atoms with van der Waals surface area (Å²) >= 11 is 1.68. The first-order chi connectivity index (χ1) is 18.9. The van der Waals surface area contributed by atoms with E-state index in [-0.39, 0.29) is 6.03 Å². The molecule has 9 heteroatoms. The van der Waals surface area contributed by atoms with Crippen molar-refractivity contribution in [2.45, 2.75) is 27.7 Å². The number of tetrazole rings is 1. The predicted molar refractivity (Wildman–Crippen MR) is 161 cm³/mol. The van der Waals surface area contributed by atoms with Crippen LogP contribution in [0.4, 0.5) is 21.9 Å². The first-order valence-corrected chi connectivity index (χ1v) is 14.0. The van der Waals surface area contributed by atoms with Gasteiger partial charge in [-0.05, 0) is 80.6 Å². The van der Waals surface area contributed by atoms with Gasteiger partial charge in [0.05, 0.1) is 11.4 Å². The molecule has 0 aliphatic heterocycles. The first kappa shape index (κ1) is 26.4. The second-order valence-corrected chi connectivity index (χ2v) is 11.4. The number of urea groups is 1. The smallest absolute Gasteiger partial charge is 0.323 e. The monoisotopic (exact) mass is 539 g/mol. The number of aromatic amines is 1. The number of nitrogens with one attached hydrogen (secondary N) is 3. The first-order valence-electron chi connectivity index (χ1n) is 13.1. The average Bonchev–Trinajstić information content (AvgIpc) is 3.60. The molecule has 200 valence electrons. The fourth-order valence-electron chi connectivity index (χ4n) is 4.78. The Morgan fingerprint density at radius 1 is 0.923 bits per heavy atom. The molecule has 2 amide bonds. The molecule has 8 nitrogen and oxygen atoms in total. The summed E-state index contributed by atoms with van der Waals surface area (Å²) in [6.45, 7) is 10.6. The molecule has 2 heterocycles. The van der Waals surface area contributed by atoms with E-state index in [1.165, 1.54) is 4.70 Å². The van der Waals surface area contributed by atoms with E-state index in [1.807, 2.05) is 48.5 Å². The number of nitrogens with zero attached hydrogens (tertiary/aromatic N) is 4. The molecule has 3 aromatic carbocycles. The van der Waals surface area contributed by atoms with Crippen LogP contribution in [0.5, 0.6) is 0 Å². The van der Waals surface area contributed by atoms with Crippen molar-refractivity contribution in [1.82, 2.24) is 20.6 Å². The summed E-state index contributed by atoms with van der Waals surface area (Å²) in [7, 11) is 0. The molecule has 3 N–H and O–H groups in total. The summed E-state index contributed by atoms with van der Waals surface area (Å²) < 4.78 is 1.19. The second-order valence-electron chi connectivity index (χ2n) is 10.5. The number of carbonyl (C=O) groups is 1. The topological polar surface area (TPSA) is 98.8 Å². The summed E-state index contributed by atoms with van der Waals surface area (Å²) in [6.07, 6.45) is 0. The molecule has 0 aliphatic rings. The number of thiophene rings is 1. The minimum Gasteiger partial charge on any atom is -0.369 e. The molecule has 0 spiro atoms. The molecule has 0 bridgehead atoms. The molecule has 0 radical (unpaired) electrons. The van der Waals surface area contributed by atoms with Gasteiger partial charge in [-0.2, -0.15) is 0 Å². The molecule has 5 aromatic rings. The van der Waals surface area contributed by atoms with E-state index in [9.17, 15) is 4.79 Å². The molecule has 0 atom stereocenters. The number of fused-ring (bicyclic) bond motifs is 1. The summed E-state index contributed by atoms with van der Waals surface area (Å²) in [4.78, 5) is 15.7. The molecule has 5 rings (SSSR count). The van der Waals surface area contributed by atoms with Gasteiger partial charge >= 0.3 is 6.03 Å². The zero-order valence-corrected chi connectivity index (χ0v) is 23.4. The molecule has 0 unspecified atom stereocenters. The maximum Gasteiger partial charge on any atom is 0.323 e. The maximum atomic E-state index is 13.3. The molecule has 0 saturated heterocycles. The van der Waals surface area contributed by atoms with E-state index in [0.717, 1.165) is 52.2 Å². The number of hydrogen-bond donors (Lipinski definition) is 3. The zero-order valence-electron chi connectivity index (χ0n) is 22.6. The average molecular weight is 540 g/mol. The fraction of sp³-hybridized carbons (Fsp3) is 0.267. The van der Waals surface area contributed by atoms with Gasteiger partial charge in [-0.1, -0.05) is 58.0 Å². The molecular formula is C30H33N7OS. The third-order valence-corrected chi connectivity index (χ3v) is 7.20. The summed E-state index contributed by atoms with van der Waals surface area (Å²) in [5.74, 6) is 1.51. The molecule has 0 saturated carbocycles. The lowest BCUT2D eigenvalue weighted by atomic mass is 9.97. The Kier molecular flexibility index (Phi) is 7.88. The zero-order chi connectivity index (χ0) is 27.4. The van der Waals surface area contributed by atoms with Gasteiger partial charge in [-0.15, -0.1) is 16.4 Å². The van der Waals surface area contributed by atoms with Crippen molar-refractivity contribution >= 4 is 44.5 Å². The molecule has 2 aromatic heterocycles. The van der Waals surface area contributed by atoms with Gasteiger partial charge in [0.1, 0.15) is 0 Å². The van der Waals surface area contributed by atoms with Gasteiger partial charge in [0.2, 0.25) is 0 Å². The van der Waals surface area contributed by atoms with E-state index in [1.54, 1.807) is 11.3 Å². The van der Waals surface area contributed by atoms with Crippen LogP contribution < -0.4 is 15.5 Å². The SMILES string of the molecule is CC(C)CN(CC(C)C)c1ccc(-c2ccccc2-c2nnn[nH]2)cc1NC(=O)Nc1ccc2sccc2c1. The molecule has 39 heavy (non-hydrogen) atoms. The lowest BCUT2D eigenvalue weighted by Gasteiger charge is -2.31. The van der Waals surface area contributed by atoms with Crippen LogP contribution in [0.1, 0.15) is 27.7 Å². The summed E-state index contributed by atoms with van der Waals surface area (Å²) in [5, 5.41) is 23.8. The Labute approximate surface area is 232 Å². The fourth-order valence-corrected chi connectivity index (χ4v) is 5.55. The predicted octanol–water partition coefficient (Wildman–Crippen LogP) is 7.51. The third kappa shape index (κ3) is 6.26. The highest BCUT2D eigenvalue weighted by atomic mass is 32.1. The Hall–Kier alpha value is -4.24. The van der Waals surface area contributed by atoms with Crippen LogP contribution in [0.15, 0.2) is 72.1 Å². The van der Waals surface area contributed by atoms with Crippen LogP contribution in [-0.4, -0.2) is 39.7 Å². The minimum atomic E-state index is -0.287. The van der Waals surface area contributed by atoms with Crippen LogP contribution in [-0.2, 0) is 0 Å². The van der Waals surface area contributed by atoms with Crippen molar-refractivity contribution in [3.05, 3.63) is 72.1 Å². The van der Waals surface area contributed by atoms with Crippen LogP contribution in [0.25, 0.3) is 32.6 Å². The highest BCUT2D eigenvalue weighted by Crippen LogP contribution is 2.36. The Bertz CT molecular complexity index is 1550. The van der Waals surface area contributed by atoms with Crippen molar-refractivity contribution in [2.75, 3.05) is 28.6 Å². The Morgan fingerprint density at radius 2 is 1.69 bits per heavy atom. The second kappa shape index (κ2) is 11.7. The van der Waals surface area contributed by atoms with Gasteiger partial charge in [0, 0.05) is 29.0 Å². The van der Waals surface area contributed by atoms with Gasteiger partial charge in [0.25, 0.3) is 0 Å². The number of rotatable bonds is 9. The normalized spacial score (nSPS) is 11.3. The van der Waals surface area contributed by atoms with Crippen LogP contribution in [0, 0.1) is 11.8 Å². The van der Waals surface area contributed by atoms with Crippen LogP contribution in [0.3, 0.4) is 0 Å². The number of amides is 2. The Balaban J connectivity index is 1.52. The van der Waals surface area contributed by atoms with Crippen molar-refractivity contribution in [2.24, 2.45) is 11.8 Å². The largest absolute Gasteiger partial charge is 0.369 e. The summed E-state index contributed by atoms with van der Waals surface area (Å²) in [6, 6.07) is 21.9. The highest BCUT2D eigenvalue weighted by molar-refractivity contribution is 7.17. The lowest BCUT2D eigenvalue weighted by molar-refractivity contribution is 0.262. The van der Waals surface area contributed by atoms with E-state index in [0.29, 0.717) is 17.7 Å². The number of benzene rings is 3. The van der Waals surface area contributed by atoms with Crippen LogP contribution in [0.2, 0.25) is 0 Å². The van der Waals surface area contributed by atoms with Crippen molar-refractivity contribution in [3.63, 3.8) is 0 Å². The van der Waals surface area contributed by atoms with E-state index >= 15 is 0 Å². The standard InChI is InChI=1S/C30H33N7OS/c1-19(2)17-37(18-20(3)4)27-11-9-21(24-7-5-6-8-25(24)29-33-35-36-34-29)16-26(27)32-30(38)31-23-10-12-28-22(15-23)13-14-39-28/h5-16,19-20H,17-18H2,1-4H3,(H2,31,32,38)(H,33,34,35,36). The van der Waals surface area contributed by atoms with E-state index in [4.69, 9.17) is 0 Å². The number of aromatic nitrogens is 4. The lowest BCUT2D eigenvalue weighted by Crippen LogP contribution is -2.32. The number of hydrogen-bond acceptors (Lipinski definition) is 6. The van der Waals surface area contributed by atoms with Crippen LogP contribution >= 0.6 is 11.3 Å². The minimum absolute atomic E-state index is 0.287.